The maximum atomic E-state index is 12.8. The molecule has 0 aromatic heterocycles. The standard InChI is InChI=1S/C26H33N3O3/c27-25(30)22-7-4-15-29(19-22)26(31)21-8-10-23(11-9-21)32-24-13-17-28(18-14-24)16-12-20-5-2-1-3-6-20/h1-3,5-6,8-11,22,24H,4,7,12-19H2,(H2,27,30)/t22-/m0/s1. The lowest BCUT2D eigenvalue weighted by molar-refractivity contribution is -0.123. The Hall–Kier alpha value is -2.86. The Bertz CT molecular complexity index is 892. The molecule has 170 valence electrons. The molecule has 0 aliphatic carbocycles. The van der Waals surface area contributed by atoms with Gasteiger partial charge in [0, 0.05) is 38.3 Å². The lowest BCUT2D eigenvalue weighted by atomic mass is 9.97. The molecular formula is C26H33N3O3. The number of carbonyl (C=O) groups excluding carboxylic acids is 2. The Morgan fingerprint density at radius 3 is 2.34 bits per heavy atom. The molecule has 4 rings (SSSR count). The fourth-order valence-electron chi connectivity index (χ4n) is 4.63. The zero-order chi connectivity index (χ0) is 22.3. The lowest BCUT2D eigenvalue weighted by Crippen LogP contribution is -2.44. The number of nitrogens with zero attached hydrogens (tertiary/aromatic N) is 2. The van der Waals surface area contributed by atoms with E-state index in [9.17, 15) is 9.59 Å². The van der Waals surface area contributed by atoms with Crippen molar-refractivity contribution in [3.63, 3.8) is 0 Å². The Kier molecular flexibility index (Phi) is 7.43. The van der Waals surface area contributed by atoms with Crippen LogP contribution in [0.5, 0.6) is 5.75 Å². The highest BCUT2D eigenvalue weighted by atomic mass is 16.5. The minimum atomic E-state index is -0.322. The van der Waals surface area contributed by atoms with E-state index >= 15 is 0 Å². The highest BCUT2D eigenvalue weighted by molar-refractivity contribution is 5.94. The van der Waals surface area contributed by atoms with Gasteiger partial charge >= 0.3 is 0 Å². The van der Waals surface area contributed by atoms with Gasteiger partial charge in [-0.3, -0.25) is 9.59 Å². The van der Waals surface area contributed by atoms with Crippen LogP contribution in [-0.2, 0) is 11.2 Å². The van der Waals surface area contributed by atoms with E-state index in [2.05, 4.69) is 35.2 Å². The van der Waals surface area contributed by atoms with Crippen LogP contribution >= 0.6 is 0 Å². The van der Waals surface area contributed by atoms with Gasteiger partial charge in [-0.15, -0.1) is 0 Å². The maximum Gasteiger partial charge on any atom is 0.253 e. The molecule has 2 fully saturated rings. The van der Waals surface area contributed by atoms with Gasteiger partial charge < -0.3 is 20.3 Å². The van der Waals surface area contributed by atoms with Crippen molar-refractivity contribution in [2.24, 2.45) is 11.7 Å². The predicted octanol–water partition coefficient (Wildman–Crippen LogP) is 3.11. The van der Waals surface area contributed by atoms with E-state index in [0.717, 1.165) is 57.5 Å². The number of amides is 2. The first-order valence-corrected chi connectivity index (χ1v) is 11.7. The van der Waals surface area contributed by atoms with Crippen LogP contribution in [-0.4, -0.2) is 60.4 Å². The zero-order valence-electron chi connectivity index (χ0n) is 18.6. The fraction of sp³-hybridized carbons (Fsp3) is 0.462. The third kappa shape index (κ3) is 5.88. The Morgan fingerprint density at radius 1 is 0.938 bits per heavy atom. The quantitative estimate of drug-likeness (QED) is 0.725. The van der Waals surface area contributed by atoms with Crippen molar-refractivity contribution in [2.75, 3.05) is 32.7 Å². The van der Waals surface area contributed by atoms with E-state index in [4.69, 9.17) is 10.5 Å². The summed E-state index contributed by atoms with van der Waals surface area (Å²) in [5.41, 5.74) is 7.44. The molecule has 2 aliphatic rings. The summed E-state index contributed by atoms with van der Waals surface area (Å²) in [6.07, 6.45) is 4.89. The van der Waals surface area contributed by atoms with Crippen LogP contribution in [0.4, 0.5) is 0 Å². The smallest absolute Gasteiger partial charge is 0.253 e. The molecule has 0 bridgehead atoms. The van der Waals surface area contributed by atoms with Crippen LogP contribution in [0.15, 0.2) is 54.6 Å². The molecule has 2 aliphatic heterocycles. The monoisotopic (exact) mass is 435 g/mol. The van der Waals surface area contributed by atoms with E-state index in [-0.39, 0.29) is 23.8 Å². The molecule has 2 amide bonds. The third-order valence-electron chi connectivity index (χ3n) is 6.61. The number of hydrogen-bond donors (Lipinski definition) is 1. The number of benzene rings is 2. The normalized spacial score (nSPS) is 20.1. The van der Waals surface area contributed by atoms with Crippen molar-refractivity contribution in [1.29, 1.82) is 0 Å². The zero-order valence-corrected chi connectivity index (χ0v) is 18.6. The molecule has 0 spiro atoms. The lowest BCUT2D eigenvalue weighted by Gasteiger charge is -2.32. The molecule has 2 saturated heterocycles. The number of rotatable bonds is 7. The van der Waals surface area contributed by atoms with E-state index in [1.165, 1.54) is 5.56 Å². The summed E-state index contributed by atoms with van der Waals surface area (Å²) in [7, 11) is 0. The molecule has 0 unspecified atom stereocenters. The summed E-state index contributed by atoms with van der Waals surface area (Å²) >= 11 is 0. The number of piperidine rings is 2. The minimum absolute atomic E-state index is 0.0470. The average molecular weight is 436 g/mol. The van der Waals surface area contributed by atoms with Crippen LogP contribution in [0, 0.1) is 5.92 Å². The first kappa shape index (κ1) is 22.3. The van der Waals surface area contributed by atoms with E-state index in [0.29, 0.717) is 18.7 Å². The number of primary amides is 1. The Balaban J connectivity index is 1.23. The minimum Gasteiger partial charge on any atom is -0.490 e. The summed E-state index contributed by atoms with van der Waals surface area (Å²) in [5, 5.41) is 0. The Morgan fingerprint density at radius 2 is 1.66 bits per heavy atom. The topological polar surface area (TPSA) is 75.9 Å². The van der Waals surface area contributed by atoms with Crippen molar-refractivity contribution >= 4 is 11.8 Å². The number of ether oxygens (including phenoxy) is 1. The molecule has 0 radical (unpaired) electrons. The average Bonchev–Trinajstić information content (AvgIpc) is 2.84. The van der Waals surface area contributed by atoms with Gasteiger partial charge in [-0.2, -0.15) is 0 Å². The molecule has 6 heteroatoms. The Labute approximate surface area is 190 Å². The van der Waals surface area contributed by atoms with Crippen molar-refractivity contribution in [2.45, 2.75) is 38.2 Å². The molecule has 2 N–H and O–H groups in total. The van der Waals surface area contributed by atoms with Gasteiger partial charge in [0.15, 0.2) is 0 Å². The van der Waals surface area contributed by atoms with Gasteiger partial charge in [0.25, 0.3) is 5.91 Å². The molecule has 2 aromatic rings. The fourth-order valence-corrected chi connectivity index (χ4v) is 4.63. The van der Waals surface area contributed by atoms with Crippen molar-refractivity contribution < 1.29 is 14.3 Å². The van der Waals surface area contributed by atoms with Crippen LogP contribution in [0.3, 0.4) is 0 Å². The highest BCUT2D eigenvalue weighted by Gasteiger charge is 2.27. The molecule has 2 aromatic carbocycles. The second-order valence-corrected chi connectivity index (χ2v) is 8.91. The van der Waals surface area contributed by atoms with Gasteiger partial charge in [-0.1, -0.05) is 30.3 Å². The largest absolute Gasteiger partial charge is 0.490 e. The molecular weight excluding hydrogens is 402 g/mol. The summed E-state index contributed by atoms with van der Waals surface area (Å²) in [6.45, 7) is 4.26. The van der Waals surface area contributed by atoms with Crippen molar-refractivity contribution in [3.05, 3.63) is 65.7 Å². The van der Waals surface area contributed by atoms with E-state index < -0.39 is 0 Å². The summed E-state index contributed by atoms with van der Waals surface area (Å²) in [6, 6.07) is 18.0. The van der Waals surface area contributed by atoms with Gasteiger partial charge in [0.2, 0.25) is 5.91 Å². The molecule has 32 heavy (non-hydrogen) atoms. The molecule has 6 nitrogen and oxygen atoms in total. The number of nitrogens with two attached hydrogens (primary N) is 1. The SMILES string of the molecule is NC(=O)[C@H]1CCCN(C(=O)c2ccc(OC3CCN(CCc4ccccc4)CC3)cc2)C1. The number of likely N-dealkylation sites (tertiary alicyclic amines) is 2. The molecule has 1 atom stereocenters. The van der Waals surface area contributed by atoms with Crippen LogP contribution in [0.1, 0.15) is 41.6 Å². The molecule has 2 heterocycles. The first-order chi connectivity index (χ1) is 15.6. The summed E-state index contributed by atoms with van der Waals surface area (Å²) < 4.78 is 6.18. The third-order valence-corrected chi connectivity index (χ3v) is 6.61. The predicted molar refractivity (Wildman–Crippen MR) is 124 cm³/mol. The summed E-state index contributed by atoms with van der Waals surface area (Å²) in [5.74, 6) is 0.193. The van der Waals surface area contributed by atoms with Gasteiger partial charge in [0.1, 0.15) is 11.9 Å². The van der Waals surface area contributed by atoms with E-state index in [1.807, 2.05) is 24.3 Å². The van der Waals surface area contributed by atoms with Crippen molar-refractivity contribution in [3.8, 4) is 5.75 Å². The van der Waals surface area contributed by atoms with Crippen molar-refractivity contribution in [1.82, 2.24) is 9.80 Å². The van der Waals surface area contributed by atoms with Gasteiger partial charge in [-0.25, -0.2) is 0 Å². The van der Waals surface area contributed by atoms with Crippen LogP contribution in [0.25, 0.3) is 0 Å². The second kappa shape index (κ2) is 10.6. The second-order valence-electron chi connectivity index (χ2n) is 8.91. The number of carbonyl (C=O) groups is 2. The van der Waals surface area contributed by atoms with E-state index in [1.54, 1.807) is 4.90 Å². The first-order valence-electron chi connectivity index (χ1n) is 11.7. The summed E-state index contributed by atoms with van der Waals surface area (Å²) in [4.78, 5) is 28.5. The highest BCUT2D eigenvalue weighted by Crippen LogP contribution is 2.22. The van der Waals surface area contributed by atoms with Crippen LogP contribution < -0.4 is 10.5 Å². The van der Waals surface area contributed by atoms with Gasteiger partial charge in [-0.05, 0) is 61.9 Å². The maximum absolute atomic E-state index is 12.8. The number of hydrogen-bond acceptors (Lipinski definition) is 4. The van der Waals surface area contributed by atoms with Gasteiger partial charge in [0.05, 0.1) is 5.92 Å². The molecule has 0 saturated carbocycles. The van der Waals surface area contributed by atoms with Crippen LogP contribution in [0.2, 0.25) is 0 Å².